The molecule has 6 heteroatoms. The fourth-order valence-corrected chi connectivity index (χ4v) is 5.69. The van der Waals surface area contributed by atoms with E-state index in [1.165, 1.54) is 6.42 Å². The zero-order chi connectivity index (χ0) is 20.0. The van der Waals surface area contributed by atoms with Crippen molar-refractivity contribution in [3.8, 4) is 5.75 Å². The van der Waals surface area contributed by atoms with Crippen LogP contribution in [0.1, 0.15) is 32.1 Å². The van der Waals surface area contributed by atoms with Crippen molar-refractivity contribution in [3.63, 3.8) is 0 Å². The molecule has 0 unspecified atom stereocenters. The Morgan fingerprint density at radius 2 is 2.10 bits per heavy atom. The summed E-state index contributed by atoms with van der Waals surface area (Å²) in [5, 5.41) is 1.13. The number of amides is 2. The number of likely N-dealkylation sites (tertiary alicyclic amines) is 1. The Bertz CT molecular complexity index is 937. The van der Waals surface area contributed by atoms with E-state index >= 15 is 0 Å². The van der Waals surface area contributed by atoms with E-state index in [-0.39, 0.29) is 5.91 Å². The van der Waals surface area contributed by atoms with Crippen LogP contribution in [0.4, 0.5) is 0 Å². The van der Waals surface area contributed by atoms with Gasteiger partial charge in [0, 0.05) is 62.2 Å². The highest BCUT2D eigenvalue weighted by Gasteiger charge is 2.44. The van der Waals surface area contributed by atoms with Gasteiger partial charge < -0.3 is 19.1 Å². The summed E-state index contributed by atoms with van der Waals surface area (Å²) >= 11 is 0. The van der Waals surface area contributed by atoms with Gasteiger partial charge in [0.1, 0.15) is 5.75 Å². The lowest BCUT2D eigenvalue weighted by Crippen LogP contribution is -2.61. The molecule has 6 nitrogen and oxygen atoms in total. The van der Waals surface area contributed by atoms with Crippen LogP contribution in [-0.4, -0.2) is 59.0 Å². The summed E-state index contributed by atoms with van der Waals surface area (Å²) in [7, 11) is 1.67. The van der Waals surface area contributed by atoms with Crippen molar-refractivity contribution >= 4 is 22.7 Å². The Hall–Kier alpha value is -2.50. The molecule has 154 valence electrons. The first kappa shape index (κ1) is 18.5. The van der Waals surface area contributed by atoms with E-state index in [9.17, 15) is 9.59 Å². The van der Waals surface area contributed by atoms with Crippen LogP contribution in [0.25, 0.3) is 10.9 Å². The predicted molar refractivity (Wildman–Crippen MR) is 111 cm³/mol. The fraction of sp³-hybridized carbons (Fsp3) is 0.565. The molecule has 3 aliphatic heterocycles. The molecular formula is C23H29N3O3. The quantitative estimate of drug-likeness (QED) is 0.800. The minimum Gasteiger partial charge on any atom is -0.497 e. The lowest BCUT2D eigenvalue weighted by atomic mass is 9.76. The van der Waals surface area contributed by atoms with Crippen molar-refractivity contribution in [3.05, 3.63) is 30.5 Å². The number of hydrogen-bond donors (Lipinski definition) is 0. The van der Waals surface area contributed by atoms with Crippen molar-refractivity contribution in [2.45, 2.75) is 44.7 Å². The topological polar surface area (TPSA) is 54.8 Å². The number of ether oxygens (including phenoxy) is 1. The Balaban J connectivity index is 1.24. The molecule has 1 aromatic heterocycles. The molecule has 29 heavy (non-hydrogen) atoms. The second-order valence-corrected chi connectivity index (χ2v) is 8.85. The number of carbonyl (C=O) groups is 2. The zero-order valence-corrected chi connectivity index (χ0v) is 17.0. The molecule has 2 bridgehead atoms. The lowest BCUT2D eigenvalue weighted by Gasteiger charge is -2.52. The molecule has 0 saturated carbocycles. The minimum atomic E-state index is 0.241. The summed E-state index contributed by atoms with van der Waals surface area (Å²) in [5.41, 5.74) is 1.13. The molecule has 0 radical (unpaired) electrons. The maximum Gasteiger partial charge on any atom is 0.224 e. The molecule has 5 rings (SSSR count). The molecule has 1 aromatic carbocycles. The fourth-order valence-electron chi connectivity index (χ4n) is 5.69. The normalized spacial score (nSPS) is 26.5. The number of piperidine rings is 3. The first-order valence-corrected chi connectivity index (χ1v) is 10.8. The molecule has 3 saturated heterocycles. The Morgan fingerprint density at radius 1 is 1.21 bits per heavy atom. The molecule has 4 heterocycles. The summed E-state index contributed by atoms with van der Waals surface area (Å²) in [6, 6.07) is 8.47. The van der Waals surface area contributed by atoms with Gasteiger partial charge in [0.05, 0.1) is 7.11 Å². The second kappa shape index (κ2) is 7.39. The smallest absolute Gasteiger partial charge is 0.224 e. The average Bonchev–Trinajstić information content (AvgIpc) is 3.14. The molecule has 2 amide bonds. The van der Waals surface area contributed by atoms with E-state index in [1.807, 2.05) is 18.3 Å². The molecule has 2 aromatic rings. The van der Waals surface area contributed by atoms with Crippen molar-refractivity contribution in [2.24, 2.45) is 11.8 Å². The van der Waals surface area contributed by atoms with Crippen molar-refractivity contribution in [1.82, 2.24) is 14.4 Å². The van der Waals surface area contributed by atoms with Crippen LogP contribution >= 0.6 is 0 Å². The van der Waals surface area contributed by atoms with Gasteiger partial charge in [0.25, 0.3) is 0 Å². The number of benzene rings is 1. The SMILES string of the molecule is COc1ccc2c(ccn2CCC(=O)N2C[C@H]3C[C@@H](C2)[C@H]2CCCC(=O)N2C3)c1. The van der Waals surface area contributed by atoms with Crippen molar-refractivity contribution in [1.29, 1.82) is 0 Å². The summed E-state index contributed by atoms with van der Waals surface area (Å²) in [6.07, 6.45) is 6.54. The second-order valence-electron chi connectivity index (χ2n) is 8.85. The van der Waals surface area contributed by atoms with Gasteiger partial charge in [-0.25, -0.2) is 0 Å². The van der Waals surface area contributed by atoms with E-state index in [1.54, 1.807) is 7.11 Å². The van der Waals surface area contributed by atoms with E-state index < -0.39 is 0 Å². The monoisotopic (exact) mass is 395 g/mol. The largest absolute Gasteiger partial charge is 0.497 e. The van der Waals surface area contributed by atoms with Crippen LogP contribution < -0.4 is 4.74 Å². The summed E-state index contributed by atoms with van der Waals surface area (Å²) in [4.78, 5) is 29.5. The molecule has 3 atom stereocenters. The number of rotatable bonds is 4. The number of hydrogen-bond acceptors (Lipinski definition) is 3. The summed E-state index contributed by atoms with van der Waals surface area (Å²) < 4.78 is 7.45. The van der Waals surface area contributed by atoms with Crippen LogP contribution in [0.15, 0.2) is 30.5 Å². The molecule has 0 N–H and O–H groups in total. The zero-order valence-electron chi connectivity index (χ0n) is 17.0. The first-order valence-electron chi connectivity index (χ1n) is 10.8. The maximum atomic E-state index is 13.0. The average molecular weight is 396 g/mol. The van der Waals surface area contributed by atoms with Crippen LogP contribution in [0.5, 0.6) is 5.75 Å². The molecule has 3 aliphatic rings. The van der Waals surface area contributed by atoms with Gasteiger partial charge in [-0.1, -0.05) is 0 Å². The van der Waals surface area contributed by atoms with Crippen LogP contribution in [0, 0.1) is 11.8 Å². The molecular weight excluding hydrogens is 366 g/mol. The third-order valence-corrected chi connectivity index (χ3v) is 7.08. The molecule has 0 aliphatic carbocycles. The van der Waals surface area contributed by atoms with Gasteiger partial charge in [-0.15, -0.1) is 0 Å². The van der Waals surface area contributed by atoms with E-state index in [0.717, 1.165) is 49.1 Å². The van der Waals surface area contributed by atoms with Crippen LogP contribution in [0.3, 0.4) is 0 Å². The molecule has 0 spiro atoms. The lowest BCUT2D eigenvalue weighted by molar-refractivity contribution is -0.148. The minimum absolute atomic E-state index is 0.241. The standard InChI is InChI=1S/C23H29N3O3/c1-29-19-5-6-20-17(12-19)7-9-24(20)10-8-22(27)25-13-16-11-18(15-25)21-3-2-4-23(28)26(21)14-16/h5-7,9,12,16,18,21H,2-4,8,10-11,13-15H2,1H3/t16-,18+,21-/m1/s1. The Kier molecular flexibility index (Phi) is 4.72. The molecule has 3 fully saturated rings. The predicted octanol–water partition coefficient (Wildman–Crippen LogP) is 2.90. The van der Waals surface area contributed by atoms with Crippen LogP contribution in [0.2, 0.25) is 0 Å². The number of nitrogens with zero attached hydrogens (tertiary/aromatic N) is 3. The number of methoxy groups -OCH3 is 1. The number of carbonyl (C=O) groups excluding carboxylic acids is 2. The van der Waals surface area contributed by atoms with E-state index in [0.29, 0.717) is 43.2 Å². The summed E-state index contributed by atoms with van der Waals surface area (Å²) in [5.74, 6) is 2.31. The van der Waals surface area contributed by atoms with Gasteiger partial charge in [0.2, 0.25) is 11.8 Å². The highest BCUT2D eigenvalue weighted by molar-refractivity contribution is 5.82. The highest BCUT2D eigenvalue weighted by Crippen LogP contribution is 2.38. The van der Waals surface area contributed by atoms with Crippen LogP contribution in [-0.2, 0) is 16.1 Å². The van der Waals surface area contributed by atoms with E-state index in [2.05, 4.69) is 26.5 Å². The first-order chi connectivity index (χ1) is 14.1. The Morgan fingerprint density at radius 3 is 2.97 bits per heavy atom. The van der Waals surface area contributed by atoms with Gasteiger partial charge in [-0.05, 0) is 55.4 Å². The van der Waals surface area contributed by atoms with Gasteiger partial charge in [-0.2, -0.15) is 0 Å². The maximum absolute atomic E-state index is 13.0. The van der Waals surface area contributed by atoms with Gasteiger partial charge in [0.15, 0.2) is 0 Å². The summed E-state index contributed by atoms with van der Waals surface area (Å²) in [6.45, 7) is 3.14. The van der Waals surface area contributed by atoms with Crippen molar-refractivity contribution in [2.75, 3.05) is 26.7 Å². The number of aromatic nitrogens is 1. The number of fused-ring (bicyclic) bond motifs is 5. The number of aryl methyl sites for hydroxylation is 1. The third kappa shape index (κ3) is 3.38. The van der Waals surface area contributed by atoms with E-state index in [4.69, 9.17) is 4.74 Å². The highest BCUT2D eigenvalue weighted by atomic mass is 16.5. The van der Waals surface area contributed by atoms with Crippen molar-refractivity contribution < 1.29 is 14.3 Å². The van der Waals surface area contributed by atoms with Gasteiger partial charge in [-0.3, -0.25) is 9.59 Å². The Labute approximate surface area is 171 Å². The third-order valence-electron chi connectivity index (χ3n) is 7.08. The van der Waals surface area contributed by atoms with Gasteiger partial charge >= 0.3 is 0 Å².